The summed E-state index contributed by atoms with van der Waals surface area (Å²) in [7, 11) is 0. The van der Waals surface area contributed by atoms with Gasteiger partial charge in [-0.1, -0.05) is 25.5 Å². The topological polar surface area (TPSA) is 12.0 Å². The van der Waals surface area contributed by atoms with Crippen LogP contribution in [-0.4, -0.2) is 6.04 Å². The van der Waals surface area contributed by atoms with Gasteiger partial charge in [-0.15, -0.1) is 0 Å². The summed E-state index contributed by atoms with van der Waals surface area (Å²) in [4.78, 5) is 0. The lowest BCUT2D eigenvalue weighted by atomic mass is 10.0. The molecule has 0 radical (unpaired) electrons. The zero-order valence-electron chi connectivity index (χ0n) is 10.0. The maximum Gasteiger partial charge on any atom is 0.123 e. The lowest BCUT2D eigenvalue weighted by Crippen LogP contribution is -2.33. The first kappa shape index (κ1) is 11.6. The van der Waals surface area contributed by atoms with E-state index in [2.05, 4.69) is 19.2 Å². The fraction of sp³-hybridized carbons (Fsp3) is 0.571. The molecule has 1 aliphatic rings. The van der Waals surface area contributed by atoms with Gasteiger partial charge in [-0.05, 0) is 43.4 Å². The Morgan fingerprint density at radius 1 is 1.25 bits per heavy atom. The number of hydrogen-bond donors (Lipinski definition) is 1. The van der Waals surface area contributed by atoms with E-state index in [4.69, 9.17) is 0 Å². The number of nitrogens with one attached hydrogen (secondary N) is 1. The average molecular weight is 221 g/mol. The van der Waals surface area contributed by atoms with E-state index in [0.29, 0.717) is 12.1 Å². The van der Waals surface area contributed by atoms with E-state index < -0.39 is 0 Å². The van der Waals surface area contributed by atoms with E-state index in [0.717, 1.165) is 5.92 Å². The predicted molar refractivity (Wildman–Crippen MR) is 64.8 cm³/mol. The third-order valence-electron chi connectivity index (χ3n) is 3.70. The van der Waals surface area contributed by atoms with Gasteiger partial charge in [-0.2, -0.15) is 0 Å². The molecular formula is C14H20FN. The van der Waals surface area contributed by atoms with Gasteiger partial charge in [-0.25, -0.2) is 4.39 Å². The molecule has 0 aromatic heterocycles. The van der Waals surface area contributed by atoms with Crippen molar-refractivity contribution in [2.24, 2.45) is 5.92 Å². The predicted octanol–water partition coefficient (Wildman–Crippen LogP) is 3.66. The molecule has 0 amide bonds. The van der Waals surface area contributed by atoms with Crippen molar-refractivity contribution in [3.8, 4) is 0 Å². The highest BCUT2D eigenvalue weighted by Gasteiger charge is 2.24. The van der Waals surface area contributed by atoms with Crippen molar-refractivity contribution >= 4 is 0 Å². The highest BCUT2D eigenvalue weighted by atomic mass is 19.1. The molecule has 0 spiro atoms. The van der Waals surface area contributed by atoms with Crippen LogP contribution in [0, 0.1) is 11.7 Å². The first-order valence-electron chi connectivity index (χ1n) is 6.18. The minimum Gasteiger partial charge on any atom is -0.307 e. The SMILES string of the molecule is CC1CCCC1N[C@@H](C)c1ccc(F)cc1. The van der Waals surface area contributed by atoms with Crippen LogP contribution in [0.5, 0.6) is 0 Å². The molecule has 88 valence electrons. The second-order valence-electron chi connectivity index (χ2n) is 4.95. The molecule has 1 fully saturated rings. The van der Waals surface area contributed by atoms with Gasteiger partial charge < -0.3 is 5.32 Å². The Morgan fingerprint density at radius 2 is 1.94 bits per heavy atom. The van der Waals surface area contributed by atoms with Crippen molar-refractivity contribution in [3.05, 3.63) is 35.6 Å². The molecule has 0 bridgehead atoms. The number of benzene rings is 1. The molecule has 2 rings (SSSR count). The van der Waals surface area contributed by atoms with Gasteiger partial charge in [0.05, 0.1) is 0 Å². The van der Waals surface area contributed by atoms with Crippen LogP contribution in [0.2, 0.25) is 0 Å². The Bertz CT molecular complexity index is 333. The second-order valence-corrected chi connectivity index (χ2v) is 4.95. The van der Waals surface area contributed by atoms with Crippen molar-refractivity contribution < 1.29 is 4.39 Å². The number of rotatable bonds is 3. The van der Waals surface area contributed by atoms with E-state index in [1.807, 2.05) is 12.1 Å². The van der Waals surface area contributed by atoms with Crippen LogP contribution in [0.3, 0.4) is 0 Å². The Kier molecular flexibility index (Phi) is 3.59. The fourth-order valence-electron chi connectivity index (χ4n) is 2.56. The molecule has 1 aromatic carbocycles. The Hall–Kier alpha value is -0.890. The standard InChI is InChI=1S/C14H20FN/c1-10-4-3-5-14(10)16-11(2)12-6-8-13(15)9-7-12/h6-11,14,16H,3-5H2,1-2H3/t10?,11-,14?/m0/s1. The average Bonchev–Trinajstić information content (AvgIpc) is 2.65. The zero-order chi connectivity index (χ0) is 11.5. The van der Waals surface area contributed by atoms with Gasteiger partial charge in [0.25, 0.3) is 0 Å². The summed E-state index contributed by atoms with van der Waals surface area (Å²) in [6, 6.07) is 7.74. The molecule has 2 heteroatoms. The minimum absolute atomic E-state index is 0.162. The molecule has 16 heavy (non-hydrogen) atoms. The normalized spacial score (nSPS) is 26.9. The van der Waals surface area contributed by atoms with Crippen LogP contribution in [0.4, 0.5) is 4.39 Å². The molecule has 0 heterocycles. The quantitative estimate of drug-likeness (QED) is 0.821. The van der Waals surface area contributed by atoms with Crippen LogP contribution in [0.15, 0.2) is 24.3 Å². The zero-order valence-corrected chi connectivity index (χ0v) is 10.0. The van der Waals surface area contributed by atoms with Gasteiger partial charge in [0.2, 0.25) is 0 Å². The lowest BCUT2D eigenvalue weighted by molar-refractivity contribution is 0.388. The summed E-state index contributed by atoms with van der Waals surface area (Å²) in [5.41, 5.74) is 1.17. The van der Waals surface area contributed by atoms with Crippen LogP contribution in [-0.2, 0) is 0 Å². The third kappa shape index (κ3) is 2.62. The molecular weight excluding hydrogens is 201 g/mol. The van der Waals surface area contributed by atoms with Crippen molar-refractivity contribution in [2.45, 2.75) is 45.2 Å². The molecule has 2 unspecified atom stereocenters. The molecule has 0 aliphatic heterocycles. The lowest BCUT2D eigenvalue weighted by Gasteiger charge is -2.23. The molecule has 1 N–H and O–H groups in total. The van der Waals surface area contributed by atoms with Crippen LogP contribution in [0.1, 0.15) is 44.7 Å². The van der Waals surface area contributed by atoms with Crippen LogP contribution < -0.4 is 5.32 Å². The van der Waals surface area contributed by atoms with Gasteiger partial charge >= 0.3 is 0 Å². The van der Waals surface area contributed by atoms with Gasteiger partial charge in [0.1, 0.15) is 5.82 Å². The molecule has 1 aromatic rings. The molecule has 1 saturated carbocycles. The summed E-state index contributed by atoms with van der Waals surface area (Å²) in [6.45, 7) is 4.46. The van der Waals surface area contributed by atoms with Crippen LogP contribution >= 0.6 is 0 Å². The van der Waals surface area contributed by atoms with E-state index in [-0.39, 0.29) is 5.82 Å². The van der Waals surface area contributed by atoms with Gasteiger partial charge in [0, 0.05) is 12.1 Å². The maximum atomic E-state index is 12.8. The smallest absolute Gasteiger partial charge is 0.123 e. The molecule has 1 aliphatic carbocycles. The summed E-state index contributed by atoms with van der Waals surface area (Å²) >= 11 is 0. The molecule has 0 saturated heterocycles. The second kappa shape index (κ2) is 4.96. The van der Waals surface area contributed by atoms with Crippen LogP contribution in [0.25, 0.3) is 0 Å². The summed E-state index contributed by atoms with van der Waals surface area (Å²) in [5, 5.41) is 3.64. The van der Waals surface area contributed by atoms with E-state index >= 15 is 0 Å². The molecule has 1 nitrogen and oxygen atoms in total. The van der Waals surface area contributed by atoms with Crippen molar-refractivity contribution in [2.75, 3.05) is 0 Å². The summed E-state index contributed by atoms with van der Waals surface area (Å²) < 4.78 is 12.8. The summed E-state index contributed by atoms with van der Waals surface area (Å²) in [6.07, 6.45) is 3.93. The van der Waals surface area contributed by atoms with Crippen molar-refractivity contribution in [1.82, 2.24) is 5.32 Å². The highest BCUT2D eigenvalue weighted by Crippen LogP contribution is 2.27. The van der Waals surface area contributed by atoms with E-state index in [9.17, 15) is 4.39 Å². The monoisotopic (exact) mass is 221 g/mol. The highest BCUT2D eigenvalue weighted by molar-refractivity contribution is 5.19. The first-order chi connectivity index (χ1) is 7.66. The first-order valence-corrected chi connectivity index (χ1v) is 6.18. The van der Waals surface area contributed by atoms with Gasteiger partial charge in [-0.3, -0.25) is 0 Å². The summed E-state index contributed by atoms with van der Waals surface area (Å²) in [5.74, 6) is 0.605. The molecule has 3 atom stereocenters. The van der Waals surface area contributed by atoms with Crippen molar-refractivity contribution in [1.29, 1.82) is 0 Å². The fourth-order valence-corrected chi connectivity index (χ4v) is 2.56. The Morgan fingerprint density at radius 3 is 2.50 bits per heavy atom. The number of halogens is 1. The van der Waals surface area contributed by atoms with E-state index in [1.54, 1.807) is 0 Å². The van der Waals surface area contributed by atoms with Gasteiger partial charge in [0.15, 0.2) is 0 Å². The minimum atomic E-state index is -0.162. The Labute approximate surface area is 97.1 Å². The number of hydrogen-bond acceptors (Lipinski definition) is 1. The largest absolute Gasteiger partial charge is 0.307 e. The van der Waals surface area contributed by atoms with E-state index in [1.165, 1.54) is 37.0 Å². The Balaban J connectivity index is 1.97. The van der Waals surface area contributed by atoms with Crippen molar-refractivity contribution in [3.63, 3.8) is 0 Å². The maximum absolute atomic E-state index is 12.8. The third-order valence-corrected chi connectivity index (χ3v) is 3.70.